The van der Waals surface area contributed by atoms with Gasteiger partial charge in [-0.2, -0.15) is 0 Å². The zero-order valence-corrected chi connectivity index (χ0v) is 18.9. The summed E-state index contributed by atoms with van der Waals surface area (Å²) >= 11 is 5.99. The Bertz CT molecular complexity index is 1180. The van der Waals surface area contributed by atoms with Crippen molar-refractivity contribution >= 4 is 29.2 Å². The second-order valence-corrected chi connectivity index (χ2v) is 8.92. The Morgan fingerprint density at radius 2 is 1.76 bits per heavy atom. The number of nitrogens with one attached hydrogen (secondary N) is 2. The molecule has 168 valence electrons. The molecule has 33 heavy (non-hydrogen) atoms. The number of carbonyl (C=O) groups excluding carboxylic acids is 2. The van der Waals surface area contributed by atoms with Crippen LogP contribution in [0.2, 0.25) is 5.02 Å². The van der Waals surface area contributed by atoms with E-state index < -0.39 is 17.7 Å². The molecule has 3 amide bonds. The third kappa shape index (κ3) is 3.91. The number of halogens is 1. The number of carbonyl (C=O) groups is 2. The van der Waals surface area contributed by atoms with E-state index in [1.165, 1.54) is 0 Å². The first-order chi connectivity index (χ1) is 16.0. The maximum atomic E-state index is 13.6. The van der Waals surface area contributed by atoms with Crippen LogP contribution in [-0.2, 0) is 11.2 Å². The van der Waals surface area contributed by atoms with Crippen molar-refractivity contribution in [2.24, 2.45) is 5.92 Å². The van der Waals surface area contributed by atoms with Gasteiger partial charge in [0.25, 0.3) is 0 Å². The largest absolute Gasteiger partial charge is 0.467 e. The van der Waals surface area contributed by atoms with Gasteiger partial charge in [-0.05, 0) is 49.2 Å². The summed E-state index contributed by atoms with van der Waals surface area (Å²) in [5, 5.41) is 6.63. The quantitative estimate of drug-likeness (QED) is 0.561. The van der Waals surface area contributed by atoms with E-state index in [0.29, 0.717) is 29.4 Å². The van der Waals surface area contributed by atoms with Crippen LogP contribution in [0.5, 0.6) is 5.75 Å². The van der Waals surface area contributed by atoms with Crippen molar-refractivity contribution in [2.45, 2.75) is 25.1 Å². The predicted molar refractivity (Wildman–Crippen MR) is 127 cm³/mol. The van der Waals surface area contributed by atoms with Crippen molar-refractivity contribution in [3.8, 4) is 5.75 Å². The Kier molecular flexibility index (Phi) is 5.46. The summed E-state index contributed by atoms with van der Waals surface area (Å²) in [5.41, 5.74) is 1.37. The van der Waals surface area contributed by atoms with Gasteiger partial charge in [0.2, 0.25) is 5.91 Å². The van der Waals surface area contributed by atoms with E-state index in [4.69, 9.17) is 16.3 Å². The SMILES string of the molecule is C[C@@]12Oc3ccccc3[C@@H](NC(=O)N1CCc1ccccc1)[C@@H]2C(=O)Nc1ccc(Cl)cc1. The number of ether oxygens (including phenoxy) is 1. The van der Waals surface area contributed by atoms with Gasteiger partial charge >= 0.3 is 6.03 Å². The first-order valence-corrected chi connectivity index (χ1v) is 11.3. The van der Waals surface area contributed by atoms with Crippen LogP contribution >= 0.6 is 11.6 Å². The average molecular weight is 462 g/mol. The number of para-hydroxylation sites is 1. The molecule has 1 fully saturated rings. The second-order valence-electron chi connectivity index (χ2n) is 8.48. The topological polar surface area (TPSA) is 70.7 Å². The van der Waals surface area contributed by atoms with Crippen LogP contribution in [0.3, 0.4) is 0 Å². The number of hydrogen-bond acceptors (Lipinski definition) is 3. The zero-order chi connectivity index (χ0) is 23.0. The van der Waals surface area contributed by atoms with Crippen molar-refractivity contribution in [1.82, 2.24) is 10.2 Å². The summed E-state index contributed by atoms with van der Waals surface area (Å²) in [4.78, 5) is 28.4. The Morgan fingerprint density at radius 3 is 2.52 bits per heavy atom. The van der Waals surface area contributed by atoms with E-state index >= 15 is 0 Å². The van der Waals surface area contributed by atoms with Crippen molar-refractivity contribution in [1.29, 1.82) is 0 Å². The minimum atomic E-state index is -1.16. The highest BCUT2D eigenvalue weighted by atomic mass is 35.5. The minimum Gasteiger partial charge on any atom is -0.467 e. The van der Waals surface area contributed by atoms with E-state index in [-0.39, 0.29) is 11.9 Å². The van der Waals surface area contributed by atoms with E-state index in [0.717, 1.165) is 11.1 Å². The van der Waals surface area contributed by atoms with E-state index in [1.54, 1.807) is 29.2 Å². The normalized spacial score (nSPS) is 23.2. The van der Waals surface area contributed by atoms with Gasteiger partial charge in [-0.3, -0.25) is 9.69 Å². The van der Waals surface area contributed by atoms with Gasteiger partial charge in [-0.15, -0.1) is 0 Å². The molecule has 2 heterocycles. The molecule has 0 aliphatic carbocycles. The van der Waals surface area contributed by atoms with Crippen LogP contribution < -0.4 is 15.4 Å². The smallest absolute Gasteiger partial charge is 0.321 e. The molecule has 3 aromatic carbocycles. The Hall–Kier alpha value is -3.51. The molecule has 0 radical (unpaired) electrons. The highest BCUT2D eigenvalue weighted by Gasteiger charge is 2.59. The Balaban J connectivity index is 1.49. The number of anilines is 1. The Morgan fingerprint density at radius 1 is 1.06 bits per heavy atom. The first kappa shape index (κ1) is 21.3. The summed E-state index contributed by atoms with van der Waals surface area (Å²) in [7, 11) is 0. The molecule has 7 heteroatoms. The van der Waals surface area contributed by atoms with Gasteiger partial charge in [0, 0.05) is 22.8 Å². The third-order valence-corrected chi connectivity index (χ3v) is 6.65. The molecule has 0 spiro atoms. The standard InChI is InChI=1S/C26H24ClN3O3/c1-26-22(24(31)28-19-13-11-18(27)12-14-19)23(20-9-5-6-10-21(20)33-26)29-25(32)30(26)16-15-17-7-3-2-4-8-17/h2-14,22-23H,15-16H2,1H3,(H,28,31)(H,29,32)/t22-,23-,26+/m1/s1. The molecule has 2 bridgehead atoms. The monoisotopic (exact) mass is 461 g/mol. The molecule has 3 atom stereocenters. The molecule has 2 aliphatic rings. The number of fused-ring (bicyclic) bond motifs is 4. The van der Waals surface area contributed by atoms with Crippen LogP contribution in [0.25, 0.3) is 0 Å². The number of amides is 3. The molecule has 0 aromatic heterocycles. The van der Waals surface area contributed by atoms with Crippen molar-refractivity contribution < 1.29 is 14.3 Å². The van der Waals surface area contributed by atoms with Gasteiger partial charge in [-0.25, -0.2) is 4.79 Å². The lowest BCUT2D eigenvalue weighted by Gasteiger charge is -2.54. The van der Waals surface area contributed by atoms with Crippen LogP contribution in [0, 0.1) is 5.92 Å². The van der Waals surface area contributed by atoms with Crippen molar-refractivity contribution in [3.05, 3.63) is 95.0 Å². The summed E-state index contributed by atoms with van der Waals surface area (Å²) in [6.45, 7) is 2.23. The lowest BCUT2D eigenvalue weighted by Crippen LogP contribution is -2.72. The molecule has 5 rings (SSSR count). The van der Waals surface area contributed by atoms with E-state index in [9.17, 15) is 9.59 Å². The number of rotatable bonds is 5. The molecule has 6 nitrogen and oxygen atoms in total. The van der Waals surface area contributed by atoms with Gasteiger partial charge in [-0.1, -0.05) is 60.1 Å². The maximum Gasteiger partial charge on any atom is 0.321 e. The molecule has 0 saturated carbocycles. The van der Waals surface area contributed by atoms with E-state index in [1.807, 2.05) is 61.5 Å². The van der Waals surface area contributed by atoms with Crippen LogP contribution in [-0.4, -0.2) is 29.1 Å². The van der Waals surface area contributed by atoms with Gasteiger partial charge in [0.1, 0.15) is 11.7 Å². The van der Waals surface area contributed by atoms with Crippen molar-refractivity contribution in [3.63, 3.8) is 0 Å². The fourth-order valence-electron chi connectivity index (χ4n) is 4.76. The van der Waals surface area contributed by atoms with Gasteiger partial charge in [0.15, 0.2) is 5.72 Å². The summed E-state index contributed by atoms with van der Waals surface area (Å²) < 4.78 is 6.44. The lowest BCUT2D eigenvalue weighted by atomic mass is 9.78. The van der Waals surface area contributed by atoms with Crippen molar-refractivity contribution in [2.75, 3.05) is 11.9 Å². The maximum absolute atomic E-state index is 13.6. The molecular weight excluding hydrogens is 438 g/mol. The molecule has 2 aliphatic heterocycles. The number of hydrogen-bond donors (Lipinski definition) is 2. The fourth-order valence-corrected chi connectivity index (χ4v) is 4.88. The first-order valence-electron chi connectivity index (χ1n) is 10.9. The zero-order valence-electron chi connectivity index (χ0n) is 18.1. The summed E-state index contributed by atoms with van der Waals surface area (Å²) in [6, 6.07) is 23.7. The van der Waals surface area contributed by atoms with Crippen LogP contribution in [0.4, 0.5) is 10.5 Å². The molecular formula is C26H24ClN3O3. The van der Waals surface area contributed by atoms with E-state index in [2.05, 4.69) is 10.6 Å². The van der Waals surface area contributed by atoms with Gasteiger partial charge in [0.05, 0.1) is 6.04 Å². The molecule has 3 aromatic rings. The number of nitrogens with zero attached hydrogens (tertiary/aromatic N) is 1. The summed E-state index contributed by atoms with van der Waals surface area (Å²) in [6.07, 6.45) is 0.644. The average Bonchev–Trinajstić information content (AvgIpc) is 2.80. The minimum absolute atomic E-state index is 0.232. The summed E-state index contributed by atoms with van der Waals surface area (Å²) in [5.74, 6) is -0.231. The predicted octanol–water partition coefficient (Wildman–Crippen LogP) is 5.01. The Labute approximate surface area is 197 Å². The molecule has 1 saturated heterocycles. The van der Waals surface area contributed by atoms with Crippen LogP contribution in [0.15, 0.2) is 78.9 Å². The second kappa shape index (κ2) is 8.45. The highest BCUT2D eigenvalue weighted by molar-refractivity contribution is 6.30. The number of urea groups is 1. The highest BCUT2D eigenvalue weighted by Crippen LogP contribution is 2.48. The van der Waals surface area contributed by atoms with Gasteiger partial charge < -0.3 is 15.4 Å². The molecule has 2 N–H and O–H groups in total. The lowest BCUT2D eigenvalue weighted by molar-refractivity contribution is -0.153. The number of benzene rings is 3. The fraction of sp³-hybridized carbons (Fsp3) is 0.231. The van der Waals surface area contributed by atoms with Crippen LogP contribution in [0.1, 0.15) is 24.1 Å². The third-order valence-electron chi connectivity index (χ3n) is 6.40. The molecule has 0 unspecified atom stereocenters.